The number of hydrogen-bond acceptors (Lipinski definition) is 3. The molecule has 132 valence electrons. The molecule has 0 saturated carbocycles. The molecule has 2 aromatic carbocycles. The van der Waals surface area contributed by atoms with Gasteiger partial charge in [0.15, 0.2) is 0 Å². The molecule has 4 rings (SSSR count). The van der Waals surface area contributed by atoms with E-state index >= 15 is 0 Å². The number of carbonyl (C=O) groups is 2. The Hall–Kier alpha value is -2.95. The second kappa shape index (κ2) is 6.09. The van der Waals surface area contributed by atoms with Gasteiger partial charge in [-0.2, -0.15) is 0 Å². The Kier molecular flexibility index (Phi) is 3.87. The van der Waals surface area contributed by atoms with E-state index in [-0.39, 0.29) is 18.9 Å². The zero-order valence-corrected chi connectivity index (χ0v) is 14.6. The van der Waals surface area contributed by atoms with Crippen LogP contribution in [0.2, 0.25) is 0 Å². The quantitative estimate of drug-likeness (QED) is 0.774. The molecule has 2 heterocycles. The van der Waals surface area contributed by atoms with E-state index in [1.807, 2.05) is 32.0 Å². The van der Waals surface area contributed by atoms with Crippen molar-refractivity contribution in [2.24, 2.45) is 0 Å². The summed E-state index contributed by atoms with van der Waals surface area (Å²) in [5, 5.41) is 0. The van der Waals surface area contributed by atoms with Gasteiger partial charge in [0.25, 0.3) is 0 Å². The molecule has 0 radical (unpaired) electrons. The van der Waals surface area contributed by atoms with Gasteiger partial charge in [-0.15, -0.1) is 0 Å². The SMILES string of the molecule is Cc1cc(C)cc(N2C(=O)CC(c3ccccc3F)C3=C2COC3=O)c1. The molecular formula is C21H18FNO3. The largest absolute Gasteiger partial charge is 0.456 e. The fourth-order valence-electron chi connectivity index (χ4n) is 3.86. The lowest BCUT2D eigenvalue weighted by atomic mass is 9.84. The third kappa shape index (κ3) is 2.60. The first kappa shape index (κ1) is 16.5. The number of cyclic esters (lactones) is 1. The Labute approximate surface area is 150 Å². The number of ether oxygens (including phenoxy) is 1. The number of carbonyl (C=O) groups excluding carboxylic acids is 2. The Balaban J connectivity index is 1.87. The molecule has 0 bridgehead atoms. The molecule has 0 saturated heterocycles. The molecule has 2 aromatic rings. The van der Waals surface area contributed by atoms with Crippen LogP contribution in [0.5, 0.6) is 0 Å². The predicted octanol–water partition coefficient (Wildman–Crippen LogP) is 3.77. The van der Waals surface area contributed by atoms with Crippen LogP contribution in [-0.2, 0) is 14.3 Å². The molecular weight excluding hydrogens is 333 g/mol. The third-order valence-electron chi connectivity index (χ3n) is 4.86. The molecule has 0 N–H and O–H groups in total. The van der Waals surface area contributed by atoms with E-state index in [1.165, 1.54) is 6.07 Å². The van der Waals surface area contributed by atoms with E-state index in [0.717, 1.165) is 11.1 Å². The van der Waals surface area contributed by atoms with Crippen molar-refractivity contribution in [3.63, 3.8) is 0 Å². The van der Waals surface area contributed by atoms with Gasteiger partial charge in [0.1, 0.15) is 12.4 Å². The van der Waals surface area contributed by atoms with Gasteiger partial charge in [0.2, 0.25) is 5.91 Å². The molecule has 1 atom stereocenters. The number of rotatable bonds is 2. The number of anilines is 1. The van der Waals surface area contributed by atoms with Crippen molar-refractivity contribution in [3.8, 4) is 0 Å². The smallest absolute Gasteiger partial charge is 0.336 e. The van der Waals surface area contributed by atoms with Crippen LogP contribution < -0.4 is 4.90 Å². The van der Waals surface area contributed by atoms with Crippen LogP contribution in [0.15, 0.2) is 53.7 Å². The van der Waals surface area contributed by atoms with Crippen molar-refractivity contribution < 1.29 is 18.7 Å². The Bertz CT molecular complexity index is 943. The monoisotopic (exact) mass is 351 g/mol. The van der Waals surface area contributed by atoms with E-state index in [9.17, 15) is 14.0 Å². The lowest BCUT2D eigenvalue weighted by molar-refractivity contribution is -0.136. The molecule has 0 aliphatic carbocycles. The Morgan fingerprint density at radius 3 is 2.46 bits per heavy atom. The summed E-state index contributed by atoms with van der Waals surface area (Å²) in [6, 6.07) is 12.1. The number of halogens is 1. The van der Waals surface area contributed by atoms with Crippen LogP contribution in [0.25, 0.3) is 0 Å². The number of benzene rings is 2. The molecule has 4 nitrogen and oxygen atoms in total. The molecule has 0 aromatic heterocycles. The summed E-state index contributed by atoms with van der Waals surface area (Å²) in [5.74, 6) is -1.68. The van der Waals surface area contributed by atoms with Gasteiger partial charge in [-0.3, -0.25) is 9.69 Å². The van der Waals surface area contributed by atoms with Gasteiger partial charge in [-0.1, -0.05) is 24.3 Å². The summed E-state index contributed by atoms with van der Waals surface area (Å²) in [4.78, 5) is 26.9. The van der Waals surface area contributed by atoms with Gasteiger partial charge in [-0.25, -0.2) is 9.18 Å². The van der Waals surface area contributed by atoms with Crippen LogP contribution in [0.3, 0.4) is 0 Å². The maximum atomic E-state index is 14.3. The van der Waals surface area contributed by atoms with Crippen molar-refractivity contribution in [2.45, 2.75) is 26.2 Å². The molecule has 26 heavy (non-hydrogen) atoms. The average Bonchev–Trinajstić information content (AvgIpc) is 2.95. The van der Waals surface area contributed by atoms with Crippen LogP contribution >= 0.6 is 0 Å². The fourth-order valence-corrected chi connectivity index (χ4v) is 3.86. The number of aryl methyl sites for hydroxylation is 2. The summed E-state index contributed by atoms with van der Waals surface area (Å²) in [6.45, 7) is 3.94. The van der Waals surface area contributed by atoms with Crippen molar-refractivity contribution in [1.29, 1.82) is 0 Å². The van der Waals surface area contributed by atoms with Crippen LogP contribution in [0.4, 0.5) is 10.1 Å². The maximum absolute atomic E-state index is 14.3. The van der Waals surface area contributed by atoms with Crippen LogP contribution in [0.1, 0.15) is 29.0 Å². The third-order valence-corrected chi connectivity index (χ3v) is 4.86. The summed E-state index contributed by atoms with van der Waals surface area (Å²) in [6.07, 6.45) is 0.0296. The predicted molar refractivity (Wildman–Crippen MR) is 95.1 cm³/mol. The van der Waals surface area contributed by atoms with Crippen molar-refractivity contribution in [2.75, 3.05) is 11.5 Å². The molecule has 2 aliphatic rings. The topological polar surface area (TPSA) is 46.6 Å². The Morgan fingerprint density at radius 1 is 1.08 bits per heavy atom. The van der Waals surface area contributed by atoms with Gasteiger partial charge in [0.05, 0.1) is 11.3 Å². The van der Waals surface area contributed by atoms with Crippen molar-refractivity contribution in [1.82, 2.24) is 0 Å². The zero-order valence-electron chi connectivity index (χ0n) is 14.6. The van der Waals surface area contributed by atoms with Crippen molar-refractivity contribution in [3.05, 3.63) is 76.2 Å². The highest BCUT2D eigenvalue weighted by atomic mass is 19.1. The van der Waals surface area contributed by atoms with E-state index in [0.29, 0.717) is 22.5 Å². The maximum Gasteiger partial charge on any atom is 0.336 e. The van der Waals surface area contributed by atoms with Gasteiger partial charge in [-0.05, 0) is 48.7 Å². The van der Waals surface area contributed by atoms with E-state index in [2.05, 4.69) is 0 Å². The fraction of sp³-hybridized carbons (Fsp3) is 0.238. The van der Waals surface area contributed by atoms with E-state index in [1.54, 1.807) is 23.1 Å². The zero-order chi connectivity index (χ0) is 18.4. The van der Waals surface area contributed by atoms with Crippen molar-refractivity contribution >= 4 is 17.6 Å². The number of hydrogen-bond donors (Lipinski definition) is 0. The number of esters is 1. The molecule has 0 spiro atoms. The molecule has 0 fully saturated rings. The first-order valence-electron chi connectivity index (χ1n) is 8.51. The number of nitrogens with zero attached hydrogens (tertiary/aromatic N) is 1. The first-order valence-corrected chi connectivity index (χ1v) is 8.51. The molecule has 5 heteroatoms. The molecule has 1 amide bonds. The minimum atomic E-state index is -0.615. The van der Waals surface area contributed by atoms with Crippen LogP contribution in [-0.4, -0.2) is 18.5 Å². The minimum Gasteiger partial charge on any atom is -0.456 e. The van der Waals surface area contributed by atoms with E-state index in [4.69, 9.17) is 4.74 Å². The highest BCUT2D eigenvalue weighted by Crippen LogP contribution is 2.42. The standard InChI is InChI=1S/C21H18FNO3/c1-12-7-13(2)9-14(8-12)23-18-11-26-21(25)20(18)16(10-19(23)24)15-5-3-4-6-17(15)22/h3-9,16H,10-11H2,1-2H3. The normalized spacial score (nSPS) is 19.7. The van der Waals surface area contributed by atoms with Gasteiger partial charge < -0.3 is 4.74 Å². The highest BCUT2D eigenvalue weighted by molar-refractivity contribution is 6.06. The molecule has 2 aliphatic heterocycles. The second-order valence-corrected chi connectivity index (χ2v) is 6.79. The van der Waals surface area contributed by atoms with Gasteiger partial charge >= 0.3 is 5.97 Å². The second-order valence-electron chi connectivity index (χ2n) is 6.79. The first-order chi connectivity index (χ1) is 12.5. The summed E-state index contributed by atoms with van der Waals surface area (Å²) in [5.41, 5.74) is 4.02. The molecule has 1 unspecified atom stereocenters. The lowest BCUT2D eigenvalue weighted by Crippen LogP contribution is -2.37. The Morgan fingerprint density at radius 2 is 1.77 bits per heavy atom. The van der Waals surface area contributed by atoms with Crippen LogP contribution in [0, 0.1) is 19.7 Å². The minimum absolute atomic E-state index is 0.0256. The van der Waals surface area contributed by atoms with Gasteiger partial charge in [0, 0.05) is 18.0 Å². The number of amides is 1. The lowest BCUT2D eigenvalue weighted by Gasteiger charge is -2.32. The summed E-state index contributed by atoms with van der Waals surface area (Å²) in [7, 11) is 0. The summed E-state index contributed by atoms with van der Waals surface area (Å²) >= 11 is 0. The highest BCUT2D eigenvalue weighted by Gasteiger charge is 2.43. The average molecular weight is 351 g/mol. The summed E-state index contributed by atoms with van der Waals surface area (Å²) < 4.78 is 19.5. The van der Waals surface area contributed by atoms with E-state index < -0.39 is 17.7 Å².